The van der Waals surface area contributed by atoms with Crippen molar-refractivity contribution >= 4 is 0 Å². The molecular formula is C14H24N2. The average Bonchev–Trinajstić information content (AvgIpc) is 2.26. The Morgan fingerprint density at radius 3 is 2.44 bits per heavy atom. The van der Waals surface area contributed by atoms with Crippen molar-refractivity contribution in [2.75, 3.05) is 13.1 Å². The molecule has 2 nitrogen and oxygen atoms in total. The molecule has 0 unspecified atom stereocenters. The Hall–Kier alpha value is -0.890. The van der Waals surface area contributed by atoms with Gasteiger partial charge in [-0.3, -0.25) is 4.98 Å². The highest BCUT2D eigenvalue weighted by Crippen LogP contribution is 2.24. The predicted molar refractivity (Wildman–Crippen MR) is 69.4 cm³/mol. The van der Waals surface area contributed by atoms with Crippen LogP contribution in [0, 0.1) is 11.3 Å². The van der Waals surface area contributed by atoms with Gasteiger partial charge in [-0.05, 0) is 42.0 Å². The Kier molecular flexibility index (Phi) is 4.94. The second kappa shape index (κ2) is 6.00. The third-order valence-electron chi connectivity index (χ3n) is 3.48. The maximum atomic E-state index is 4.02. The van der Waals surface area contributed by atoms with Gasteiger partial charge in [0.25, 0.3) is 0 Å². The van der Waals surface area contributed by atoms with Gasteiger partial charge in [-0.2, -0.15) is 0 Å². The molecule has 16 heavy (non-hydrogen) atoms. The summed E-state index contributed by atoms with van der Waals surface area (Å²) in [6.07, 6.45) is 4.79. The zero-order chi connectivity index (χ0) is 12.0. The van der Waals surface area contributed by atoms with Gasteiger partial charge in [-0.1, -0.05) is 27.7 Å². The average molecular weight is 220 g/mol. The van der Waals surface area contributed by atoms with Crippen molar-refractivity contribution in [2.45, 2.75) is 34.1 Å². The van der Waals surface area contributed by atoms with Gasteiger partial charge in [0, 0.05) is 18.9 Å². The lowest BCUT2D eigenvalue weighted by atomic mass is 9.81. The lowest BCUT2D eigenvalue weighted by Crippen LogP contribution is -2.34. The van der Waals surface area contributed by atoms with Crippen LogP contribution in [0.5, 0.6) is 0 Å². The first-order valence-electron chi connectivity index (χ1n) is 6.12. The van der Waals surface area contributed by atoms with E-state index in [4.69, 9.17) is 0 Å². The van der Waals surface area contributed by atoms with E-state index < -0.39 is 0 Å². The zero-order valence-corrected chi connectivity index (χ0v) is 11.0. The molecule has 0 aromatic carbocycles. The first-order chi connectivity index (χ1) is 7.52. The van der Waals surface area contributed by atoms with Crippen molar-refractivity contribution in [2.24, 2.45) is 11.3 Å². The summed E-state index contributed by atoms with van der Waals surface area (Å²) < 4.78 is 0. The summed E-state index contributed by atoms with van der Waals surface area (Å²) in [4.78, 5) is 4.02. The van der Waals surface area contributed by atoms with Gasteiger partial charge >= 0.3 is 0 Å². The number of nitrogens with zero attached hydrogens (tertiary/aromatic N) is 1. The fourth-order valence-corrected chi connectivity index (χ4v) is 1.40. The molecule has 0 fully saturated rings. The Bertz CT molecular complexity index is 291. The molecule has 0 aliphatic heterocycles. The second-order valence-electron chi connectivity index (χ2n) is 5.43. The molecule has 1 aromatic heterocycles. The summed E-state index contributed by atoms with van der Waals surface area (Å²) in [5.41, 5.74) is 1.72. The molecule has 0 amide bonds. The minimum atomic E-state index is 0.373. The summed E-state index contributed by atoms with van der Waals surface area (Å²) in [5, 5.41) is 3.54. The third-order valence-corrected chi connectivity index (χ3v) is 3.48. The highest BCUT2D eigenvalue weighted by atomic mass is 14.9. The summed E-state index contributed by atoms with van der Waals surface area (Å²) in [6, 6.07) is 4.16. The van der Waals surface area contributed by atoms with Crippen LogP contribution in [0.3, 0.4) is 0 Å². The molecule has 0 saturated carbocycles. The van der Waals surface area contributed by atoms with E-state index in [1.807, 2.05) is 12.4 Å². The van der Waals surface area contributed by atoms with Crippen LogP contribution >= 0.6 is 0 Å². The number of rotatable bonds is 6. The van der Waals surface area contributed by atoms with Gasteiger partial charge in [-0.25, -0.2) is 0 Å². The van der Waals surface area contributed by atoms with Crippen molar-refractivity contribution in [3.8, 4) is 0 Å². The Morgan fingerprint density at radius 1 is 1.25 bits per heavy atom. The van der Waals surface area contributed by atoms with E-state index in [0.717, 1.165) is 19.5 Å². The van der Waals surface area contributed by atoms with Gasteiger partial charge in [-0.15, -0.1) is 0 Å². The van der Waals surface area contributed by atoms with Gasteiger partial charge in [0.2, 0.25) is 0 Å². The number of hydrogen-bond acceptors (Lipinski definition) is 2. The van der Waals surface area contributed by atoms with Crippen molar-refractivity contribution in [3.63, 3.8) is 0 Å². The van der Waals surface area contributed by atoms with Crippen LogP contribution in [0.2, 0.25) is 0 Å². The fourth-order valence-electron chi connectivity index (χ4n) is 1.40. The molecule has 0 aliphatic rings. The number of pyridine rings is 1. The molecule has 1 N–H and O–H groups in total. The van der Waals surface area contributed by atoms with Crippen molar-refractivity contribution in [1.82, 2.24) is 10.3 Å². The molecule has 0 radical (unpaired) electrons. The standard InChI is InChI=1S/C14H24N2/c1-12(2)14(3,4)11-16-10-7-13-5-8-15-9-6-13/h5-6,8-9,12,16H,7,10-11H2,1-4H3. The van der Waals surface area contributed by atoms with E-state index in [2.05, 4.69) is 50.1 Å². The van der Waals surface area contributed by atoms with E-state index in [-0.39, 0.29) is 0 Å². The molecule has 1 aromatic rings. The largest absolute Gasteiger partial charge is 0.316 e. The summed E-state index contributed by atoms with van der Waals surface area (Å²) in [5.74, 6) is 0.709. The van der Waals surface area contributed by atoms with Crippen molar-refractivity contribution in [3.05, 3.63) is 30.1 Å². The Morgan fingerprint density at radius 2 is 1.88 bits per heavy atom. The molecule has 0 aliphatic carbocycles. The van der Waals surface area contributed by atoms with E-state index >= 15 is 0 Å². The van der Waals surface area contributed by atoms with E-state index in [1.165, 1.54) is 5.56 Å². The van der Waals surface area contributed by atoms with Crippen molar-refractivity contribution < 1.29 is 0 Å². The molecule has 1 heterocycles. The van der Waals surface area contributed by atoms with Gasteiger partial charge in [0.15, 0.2) is 0 Å². The second-order valence-corrected chi connectivity index (χ2v) is 5.43. The number of hydrogen-bond donors (Lipinski definition) is 1. The smallest absolute Gasteiger partial charge is 0.0270 e. The van der Waals surface area contributed by atoms with Gasteiger partial charge < -0.3 is 5.32 Å². The first-order valence-corrected chi connectivity index (χ1v) is 6.12. The SMILES string of the molecule is CC(C)C(C)(C)CNCCc1ccncc1. The maximum absolute atomic E-state index is 4.02. The number of nitrogens with one attached hydrogen (secondary N) is 1. The molecule has 1 rings (SSSR count). The van der Waals surface area contributed by atoms with Crippen molar-refractivity contribution in [1.29, 1.82) is 0 Å². The molecular weight excluding hydrogens is 196 g/mol. The zero-order valence-electron chi connectivity index (χ0n) is 11.0. The molecule has 0 atom stereocenters. The van der Waals surface area contributed by atoms with Crippen LogP contribution in [-0.4, -0.2) is 18.1 Å². The molecule has 90 valence electrons. The summed E-state index contributed by atoms with van der Waals surface area (Å²) >= 11 is 0. The quantitative estimate of drug-likeness (QED) is 0.746. The van der Waals surface area contributed by atoms with Crippen LogP contribution in [0.1, 0.15) is 33.3 Å². The van der Waals surface area contributed by atoms with E-state index in [1.54, 1.807) is 0 Å². The lowest BCUT2D eigenvalue weighted by molar-refractivity contribution is 0.239. The van der Waals surface area contributed by atoms with Crippen LogP contribution in [-0.2, 0) is 6.42 Å². The van der Waals surface area contributed by atoms with Gasteiger partial charge in [0.05, 0.1) is 0 Å². The van der Waals surface area contributed by atoms with Crippen LogP contribution in [0.4, 0.5) is 0 Å². The van der Waals surface area contributed by atoms with E-state index in [0.29, 0.717) is 11.3 Å². The third kappa shape index (κ3) is 4.31. The lowest BCUT2D eigenvalue weighted by Gasteiger charge is -2.29. The first kappa shape index (κ1) is 13.2. The molecule has 2 heteroatoms. The minimum Gasteiger partial charge on any atom is -0.316 e. The fraction of sp³-hybridized carbons (Fsp3) is 0.643. The normalized spacial score (nSPS) is 12.1. The topological polar surface area (TPSA) is 24.9 Å². The number of aromatic nitrogens is 1. The Balaban J connectivity index is 2.22. The molecule has 0 bridgehead atoms. The predicted octanol–water partition coefficient (Wildman–Crippen LogP) is 2.90. The monoisotopic (exact) mass is 220 g/mol. The Labute approximate surface area is 99.5 Å². The molecule has 0 saturated heterocycles. The summed E-state index contributed by atoms with van der Waals surface area (Å²) in [7, 11) is 0. The summed E-state index contributed by atoms with van der Waals surface area (Å²) in [6.45, 7) is 11.3. The van der Waals surface area contributed by atoms with E-state index in [9.17, 15) is 0 Å². The maximum Gasteiger partial charge on any atom is 0.0270 e. The van der Waals surface area contributed by atoms with Crippen LogP contribution in [0.25, 0.3) is 0 Å². The molecule has 0 spiro atoms. The van der Waals surface area contributed by atoms with Gasteiger partial charge in [0.1, 0.15) is 0 Å². The highest BCUT2D eigenvalue weighted by molar-refractivity contribution is 5.09. The minimum absolute atomic E-state index is 0.373. The van der Waals surface area contributed by atoms with Crippen LogP contribution < -0.4 is 5.32 Å². The van der Waals surface area contributed by atoms with Crippen LogP contribution in [0.15, 0.2) is 24.5 Å². The highest BCUT2D eigenvalue weighted by Gasteiger charge is 2.21.